The Morgan fingerprint density at radius 1 is 0.889 bits per heavy atom. The number of amides is 4. The largest absolute Gasteiger partial charge is 0.338 e. The molecule has 2 aromatic carbocycles. The van der Waals surface area contributed by atoms with Crippen molar-refractivity contribution in [2.24, 2.45) is 0 Å². The number of carbonyl (C=O) groups is 3. The monoisotopic (exact) mass is 429 g/mol. The van der Waals surface area contributed by atoms with Gasteiger partial charge in [-0.2, -0.15) is 0 Å². The fourth-order valence-electron chi connectivity index (χ4n) is 2.96. The number of imide groups is 1. The molecule has 4 amide bonds. The van der Waals surface area contributed by atoms with Gasteiger partial charge in [0.15, 0.2) is 0 Å². The van der Waals surface area contributed by atoms with Gasteiger partial charge in [0, 0.05) is 24.1 Å². The Morgan fingerprint density at radius 3 is 2.15 bits per heavy atom. The summed E-state index contributed by atoms with van der Waals surface area (Å²) in [5.74, 6) is -0.540. The van der Waals surface area contributed by atoms with Crippen molar-refractivity contribution >= 4 is 33.8 Å². The van der Waals surface area contributed by atoms with Crippen LogP contribution in [0.3, 0.4) is 0 Å². The second kappa shape index (κ2) is 8.81. The highest BCUT2D eigenvalue weighted by Crippen LogP contribution is 2.22. The van der Waals surface area contributed by atoms with E-state index in [1.165, 1.54) is 4.90 Å². The molecule has 0 fully saturated rings. The van der Waals surface area contributed by atoms with Gasteiger partial charge in [-0.15, -0.1) is 0 Å². The highest BCUT2D eigenvalue weighted by molar-refractivity contribution is 9.10. The Labute approximate surface area is 166 Å². The van der Waals surface area contributed by atoms with E-state index in [4.69, 9.17) is 0 Å². The summed E-state index contributed by atoms with van der Waals surface area (Å²) in [7, 11) is 0. The molecule has 0 atom stereocenters. The van der Waals surface area contributed by atoms with Gasteiger partial charge in [-0.25, -0.2) is 4.79 Å². The number of fused-ring (bicyclic) bond motifs is 1. The number of rotatable bonds is 7. The first-order valence-electron chi connectivity index (χ1n) is 8.78. The van der Waals surface area contributed by atoms with Gasteiger partial charge in [-0.1, -0.05) is 46.3 Å². The van der Waals surface area contributed by atoms with Crippen molar-refractivity contribution in [1.82, 2.24) is 15.5 Å². The predicted octanol–water partition coefficient (Wildman–Crippen LogP) is 2.98. The fourth-order valence-corrected chi connectivity index (χ4v) is 3.44. The van der Waals surface area contributed by atoms with Gasteiger partial charge in [0.25, 0.3) is 11.8 Å². The van der Waals surface area contributed by atoms with E-state index < -0.39 is 0 Å². The first kappa shape index (κ1) is 19.1. The summed E-state index contributed by atoms with van der Waals surface area (Å²) >= 11 is 3.48. The quantitative estimate of drug-likeness (QED) is 0.524. The molecule has 140 valence electrons. The van der Waals surface area contributed by atoms with Crippen molar-refractivity contribution in [1.29, 1.82) is 0 Å². The van der Waals surface area contributed by atoms with Crippen molar-refractivity contribution in [3.05, 3.63) is 69.7 Å². The normalized spacial score (nSPS) is 12.9. The lowest BCUT2D eigenvalue weighted by Crippen LogP contribution is -2.38. The van der Waals surface area contributed by atoms with Crippen molar-refractivity contribution in [3.8, 4) is 0 Å². The summed E-state index contributed by atoms with van der Waals surface area (Å²) < 4.78 is 1.02. The summed E-state index contributed by atoms with van der Waals surface area (Å²) in [5.41, 5.74) is 2.02. The van der Waals surface area contributed by atoms with Crippen LogP contribution in [0.2, 0.25) is 0 Å². The lowest BCUT2D eigenvalue weighted by atomic mass is 10.1. The molecule has 3 rings (SSSR count). The standard InChI is InChI=1S/C20H20BrN3O3/c21-17-9-4-1-6-14(17)10-12-23-20(27)22-11-5-13-24-18(25)15-7-2-3-8-16(15)19(24)26/h1-4,6-9H,5,10-13H2,(H2,22,23,27). The number of carbonyl (C=O) groups excluding carboxylic acids is 3. The molecule has 2 aromatic rings. The Balaban J connectivity index is 1.36. The number of hydrogen-bond donors (Lipinski definition) is 2. The number of urea groups is 1. The molecule has 0 saturated carbocycles. The second-order valence-corrected chi connectivity index (χ2v) is 7.04. The van der Waals surface area contributed by atoms with Crippen LogP contribution in [0.4, 0.5) is 4.79 Å². The van der Waals surface area contributed by atoms with Gasteiger partial charge in [-0.3, -0.25) is 14.5 Å². The first-order chi connectivity index (χ1) is 13.1. The molecule has 27 heavy (non-hydrogen) atoms. The average molecular weight is 430 g/mol. The summed E-state index contributed by atoms with van der Waals surface area (Å²) in [6, 6.07) is 14.4. The van der Waals surface area contributed by atoms with Crippen LogP contribution in [0, 0.1) is 0 Å². The maximum atomic E-state index is 12.2. The van der Waals surface area contributed by atoms with E-state index in [-0.39, 0.29) is 24.4 Å². The number of benzene rings is 2. The van der Waals surface area contributed by atoms with Crippen LogP contribution >= 0.6 is 15.9 Å². The molecule has 0 spiro atoms. The molecule has 6 nitrogen and oxygen atoms in total. The van der Waals surface area contributed by atoms with E-state index in [1.807, 2.05) is 24.3 Å². The number of nitrogens with one attached hydrogen (secondary N) is 2. The smallest absolute Gasteiger partial charge is 0.314 e. The predicted molar refractivity (Wildman–Crippen MR) is 106 cm³/mol. The zero-order chi connectivity index (χ0) is 19.2. The fraction of sp³-hybridized carbons (Fsp3) is 0.250. The SMILES string of the molecule is O=C(NCCCN1C(=O)c2ccccc2C1=O)NCCc1ccccc1Br. The highest BCUT2D eigenvalue weighted by atomic mass is 79.9. The topological polar surface area (TPSA) is 78.5 Å². The van der Waals surface area contributed by atoms with E-state index in [2.05, 4.69) is 26.6 Å². The summed E-state index contributed by atoms with van der Waals surface area (Å²) in [6.45, 7) is 1.19. The van der Waals surface area contributed by atoms with Gasteiger partial charge >= 0.3 is 6.03 Å². The van der Waals surface area contributed by atoms with E-state index in [0.29, 0.717) is 30.6 Å². The molecule has 0 aliphatic carbocycles. The van der Waals surface area contributed by atoms with Crippen LogP contribution in [-0.4, -0.2) is 42.4 Å². The van der Waals surface area contributed by atoms with E-state index >= 15 is 0 Å². The Hall–Kier alpha value is -2.67. The maximum Gasteiger partial charge on any atom is 0.314 e. The molecule has 1 aliphatic rings. The number of nitrogens with zero attached hydrogens (tertiary/aromatic N) is 1. The zero-order valence-corrected chi connectivity index (χ0v) is 16.3. The highest BCUT2D eigenvalue weighted by Gasteiger charge is 2.34. The minimum atomic E-state index is -0.270. The zero-order valence-electron chi connectivity index (χ0n) is 14.7. The van der Waals surface area contributed by atoms with E-state index in [9.17, 15) is 14.4 Å². The molecular weight excluding hydrogens is 410 g/mol. The van der Waals surface area contributed by atoms with Crippen molar-refractivity contribution in [2.45, 2.75) is 12.8 Å². The Kier molecular flexibility index (Phi) is 6.24. The molecule has 2 N–H and O–H groups in total. The average Bonchev–Trinajstić information content (AvgIpc) is 2.91. The molecule has 0 bridgehead atoms. The van der Waals surface area contributed by atoms with Gasteiger partial charge < -0.3 is 10.6 Å². The van der Waals surface area contributed by atoms with Gasteiger partial charge in [0.1, 0.15) is 0 Å². The van der Waals surface area contributed by atoms with Gasteiger partial charge in [0.05, 0.1) is 11.1 Å². The molecule has 1 heterocycles. The lowest BCUT2D eigenvalue weighted by Gasteiger charge is -2.14. The summed E-state index contributed by atoms with van der Waals surface area (Å²) in [6.07, 6.45) is 1.23. The third kappa shape index (κ3) is 4.54. The van der Waals surface area contributed by atoms with Crippen LogP contribution in [0.1, 0.15) is 32.7 Å². The minimum Gasteiger partial charge on any atom is -0.338 e. The molecule has 7 heteroatoms. The molecule has 0 unspecified atom stereocenters. The Morgan fingerprint density at radius 2 is 1.48 bits per heavy atom. The summed E-state index contributed by atoms with van der Waals surface area (Å²) in [5, 5.41) is 5.55. The lowest BCUT2D eigenvalue weighted by molar-refractivity contribution is 0.0653. The third-order valence-electron chi connectivity index (χ3n) is 4.36. The molecule has 0 aromatic heterocycles. The second-order valence-electron chi connectivity index (χ2n) is 6.19. The van der Waals surface area contributed by atoms with E-state index in [1.54, 1.807) is 24.3 Å². The van der Waals surface area contributed by atoms with Gasteiger partial charge in [0.2, 0.25) is 0 Å². The van der Waals surface area contributed by atoms with Crippen molar-refractivity contribution in [3.63, 3.8) is 0 Å². The maximum absolute atomic E-state index is 12.2. The van der Waals surface area contributed by atoms with Crippen LogP contribution in [0.15, 0.2) is 53.0 Å². The van der Waals surface area contributed by atoms with Crippen LogP contribution in [0.5, 0.6) is 0 Å². The third-order valence-corrected chi connectivity index (χ3v) is 5.13. The minimum absolute atomic E-state index is 0.260. The van der Waals surface area contributed by atoms with Crippen molar-refractivity contribution < 1.29 is 14.4 Å². The summed E-state index contributed by atoms with van der Waals surface area (Å²) in [4.78, 5) is 37.6. The molecule has 0 radical (unpaired) electrons. The number of halogens is 1. The van der Waals surface area contributed by atoms with Crippen LogP contribution in [-0.2, 0) is 6.42 Å². The molecular formula is C20H20BrN3O3. The number of hydrogen-bond acceptors (Lipinski definition) is 3. The molecule has 0 saturated heterocycles. The van der Waals surface area contributed by atoms with Gasteiger partial charge in [-0.05, 0) is 36.6 Å². The first-order valence-corrected chi connectivity index (χ1v) is 9.57. The van der Waals surface area contributed by atoms with Crippen LogP contribution in [0.25, 0.3) is 0 Å². The van der Waals surface area contributed by atoms with Crippen molar-refractivity contribution in [2.75, 3.05) is 19.6 Å². The van der Waals surface area contributed by atoms with Crippen LogP contribution < -0.4 is 10.6 Å². The Bertz CT molecular complexity index is 834. The van der Waals surface area contributed by atoms with E-state index in [0.717, 1.165) is 16.5 Å². The molecule has 1 aliphatic heterocycles.